The minimum Gasteiger partial charge on any atom is -0.340 e. The third kappa shape index (κ3) is 2.22. The first-order chi connectivity index (χ1) is 7.25. The van der Waals surface area contributed by atoms with Gasteiger partial charge in [-0.1, -0.05) is 18.2 Å². The predicted octanol–water partition coefficient (Wildman–Crippen LogP) is 1.82. The normalized spacial score (nSPS) is 9.93. The van der Waals surface area contributed by atoms with Crippen molar-refractivity contribution in [3.63, 3.8) is 0 Å². The molecule has 15 heavy (non-hydrogen) atoms. The fourth-order valence-corrected chi connectivity index (χ4v) is 1.25. The molecule has 4 heteroatoms. The van der Waals surface area contributed by atoms with E-state index in [0.29, 0.717) is 5.82 Å². The van der Waals surface area contributed by atoms with Crippen molar-refractivity contribution in [1.82, 2.24) is 9.97 Å². The number of nitrogens with zero attached hydrogens (tertiary/aromatic N) is 1. The molecule has 1 aromatic heterocycles. The molecule has 2 N–H and O–H groups in total. The summed E-state index contributed by atoms with van der Waals surface area (Å²) in [5.74, 6) is 0.588. The number of anilines is 2. The van der Waals surface area contributed by atoms with Gasteiger partial charge in [-0.05, 0) is 19.1 Å². The number of aromatic nitrogens is 2. The molecule has 1 aromatic carbocycles. The van der Waals surface area contributed by atoms with Crippen molar-refractivity contribution in [3.8, 4) is 0 Å². The zero-order valence-electron chi connectivity index (χ0n) is 8.32. The Balaban J connectivity index is 2.32. The van der Waals surface area contributed by atoms with Crippen LogP contribution >= 0.6 is 0 Å². The first kappa shape index (κ1) is 9.45. The maximum atomic E-state index is 11.0. The zero-order valence-corrected chi connectivity index (χ0v) is 8.32. The average molecular weight is 201 g/mol. The molecule has 0 spiro atoms. The van der Waals surface area contributed by atoms with E-state index in [-0.39, 0.29) is 5.69 Å². The lowest BCUT2D eigenvalue weighted by atomic mass is 10.3. The van der Waals surface area contributed by atoms with E-state index < -0.39 is 0 Å². The highest BCUT2D eigenvalue weighted by molar-refractivity contribution is 5.57. The summed E-state index contributed by atoms with van der Waals surface area (Å²) in [6.45, 7) is 1.88. The number of hydrogen-bond donors (Lipinski definition) is 2. The maximum absolute atomic E-state index is 11.0. The van der Waals surface area contributed by atoms with Crippen molar-refractivity contribution in [2.75, 3.05) is 5.32 Å². The van der Waals surface area contributed by atoms with Gasteiger partial charge in [-0.25, -0.2) is 4.79 Å². The van der Waals surface area contributed by atoms with Gasteiger partial charge in [0, 0.05) is 17.4 Å². The van der Waals surface area contributed by atoms with Crippen molar-refractivity contribution in [1.29, 1.82) is 0 Å². The Morgan fingerprint density at radius 1 is 1.27 bits per heavy atom. The van der Waals surface area contributed by atoms with Crippen LogP contribution in [0.15, 0.2) is 41.3 Å². The quantitative estimate of drug-likeness (QED) is 0.779. The third-order valence-corrected chi connectivity index (χ3v) is 2.04. The number of H-pyrrole nitrogens is 1. The van der Waals surface area contributed by atoms with E-state index in [1.807, 2.05) is 37.3 Å². The topological polar surface area (TPSA) is 57.8 Å². The van der Waals surface area contributed by atoms with E-state index >= 15 is 0 Å². The number of hydrogen-bond acceptors (Lipinski definition) is 3. The summed E-state index contributed by atoms with van der Waals surface area (Å²) < 4.78 is 0. The Morgan fingerprint density at radius 2 is 2.00 bits per heavy atom. The first-order valence-electron chi connectivity index (χ1n) is 4.64. The summed E-state index contributed by atoms with van der Waals surface area (Å²) in [5, 5.41) is 3.08. The van der Waals surface area contributed by atoms with Crippen LogP contribution in [0.3, 0.4) is 0 Å². The van der Waals surface area contributed by atoms with Crippen molar-refractivity contribution >= 4 is 11.5 Å². The van der Waals surface area contributed by atoms with Crippen LogP contribution in [0, 0.1) is 6.92 Å². The number of rotatable bonds is 2. The minimum atomic E-state index is -0.348. The summed E-state index contributed by atoms with van der Waals surface area (Å²) >= 11 is 0. The van der Waals surface area contributed by atoms with E-state index in [1.54, 1.807) is 6.20 Å². The van der Waals surface area contributed by atoms with Crippen molar-refractivity contribution in [3.05, 3.63) is 52.6 Å². The molecule has 0 aliphatic carbocycles. The van der Waals surface area contributed by atoms with Crippen LogP contribution in [-0.2, 0) is 0 Å². The Morgan fingerprint density at radius 3 is 2.73 bits per heavy atom. The molecule has 0 saturated carbocycles. The van der Waals surface area contributed by atoms with Gasteiger partial charge in [0.2, 0.25) is 0 Å². The van der Waals surface area contributed by atoms with Gasteiger partial charge in [0.05, 0.1) is 0 Å². The van der Waals surface area contributed by atoms with Gasteiger partial charge in [0.15, 0.2) is 0 Å². The fourth-order valence-electron chi connectivity index (χ4n) is 1.25. The summed E-state index contributed by atoms with van der Waals surface area (Å²) in [5.41, 5.74) is 1.47. The van der Waals surface area contributed by atoms with Crippen LogP contribution in [0.1, 0.15) is 5.56 Å². The second kappa shape index (κ2) is 3.96. The molecule has 4 nitrogen and oxygen atoms in total. The van der Waals surface area contributed by atoms with Crippen LogP contribution in [0.25, 0.3) is 0 Å². The van der Waals surface area contributed by atoms with Crippen LogP contribution in [0.2, 0.25) is 0 Å². The lowest BCUT2D eigenvalue weighted by Crippen LogP contribution is -2.12. The lowest BCUT2D eigenvalue weighted by Gasteiger charge is -2.06. The molecule has 0 unspecified atom stereocenters. The molecule has 1 heterocycles. The minimum absolute atomic E-state index is 0.348. The van der Waals surface area contributed by atoms with Gasteiger partial charge in [-0.2, -0.15) is 4.98 Å². The molecule has 2 aromatic rings. The third-order valence-electron chi connectivity index (χ3n) is 2.04. The van der Waals surface area contributed by atoms with Crippen molar-refractivity contribution in [2.24, 2.45) is 0 Å². The summed E-state index contributed by atoms with van der Waals surface area (Å²) in [7, 11) is 0. The zero-order chi connectivity index (χ0) is 10.7. The molecule has 0 atom stereocenters. The van der Waals surface area contributed by atoms with Gasteiger partial charge in [-0.3, -0.25) is 0 Å². The number of nitrogens with one attached hydrogen (secondary N) is 2. The van der Waals surface area contributed by atoms with Crippen LogP contribution in [-0.4, -0.2) is 9.97 Å². The molecule has 0 aliphatic heterocycles. The molecule has 0 radical (unpaired) electrons. The highest BCUT2D eigenvalue weighted by atomic mass is 16.1. The molecular weight excluding hydrogens is 190 g/mol. The Kier molecular flexibility index (Phi) is 2.49. The molecular formula is C11H11N3O. The largest absolute Gasteiger partial charge is 0.346 e. The maximum Gasteiger partial charge on any atom is 0.346 e. The van der Waals surface area contributed by atoms with Crippen LogP contribution in [0.5, 0.6) is 0 Å². The smallest absolute Gasteiger partial charge is 0.340 e. The van der Waals surface area contributed by atoms with Crippen molar-refractivity contribution < 1.29 is 0 Å². The second-order valence-electron chi connectivity index (χ2n) is 3.23. The van der Waals surface area contributed by atoms with E-state index in [4.69, 9.17) is 0 Å². The molecule has 2 rings (SSSR count). The van der Waals surface area contributed by atoms with Crippen molar-refractivity contribution in [2.45, 2.75) is 6.92 Å². The summed E-state index contributed by atoms with van der Waals surface area (Å²) in [4.78, 5) is 17.4. The van der Waals surface area contributed by atoms with Gasteiger partial charge in [-0.15, -0.1) is 0 Å². The molecule has 76 valence electrons. The number of benzene rings is 1. The molecule has 0 fully saturated rings. The summed E-state index contributed by atoms with van der Waals surface area (Å²) in [6, 6.07) is 9.61. The van der Waals surface area contributed by atoms with E-state index in [2.05, 4.69) is 15.3 Å². The fraction of sp³-hybridized carbons (Fsp3) is 0.0909. The van der Waals surface area contributed by atoms with Crippen LogP contribution < -0.4 is 11.0 Å². The highest BCUT2D eigenvalue weighted by Crippen LogP contribution is 2.14. The van der Waals surface area contributed by atoms with Gasteiger partial charge in [0.25, 0.3) is 0 Å². The SMILES string of the molecule is Cc1c[nH]c(=O)nc1Nc1ccccc1. The van der Waals surface area contributed by atoms with E-state index in [0.717, 1.165) is 11.3 Å². The average Bonchev–Trinajstić information content (AvgIpc) is 2.25. The predicted molar refractivity (Wildman–Crippen MR) is 59.3 cm³/mol. The summed E-state index contributed by atoms with van der Waals surface area (Å²) in [6.07, 6.45) is 1.64. The second-order valence-corrected chi connectivity index (χ2v) is 3.23. The van der Waals surface area contributed by atoms with Gasteiger partial charge < -0.3 is 10.3 Å². The number of aryl methyl sites for hydroxylation is 1. The lowest BCUT2D eigenvalue weighted by molar-refractivity contribution is 1.05. The standard InChI is InChI=1S/C11H11N3O/c1-8-7-12-11(15)14-10(8)13-9-5-3-2-4-6-9/h2-7H,1H3,(H2,12,13,14,15). The molecule has 0 aliphatic rings. The Labute approximate surface area is 87.0 Å². The van der Waals surface area contributed by atoms with E-state index in [1.165, 1.54) is 0 Å². The highest BCUT2D eigenvalue weighted by Gasteiger charge is 2.00. The first-order valence-corrected chi connectivity index (χ1v) is 4.64. The molecule has 0 amide bonds. The Bertz CT molecular complexity index is 505. The van der Waals surface area contributed by atoms with Gasteiger partial charge >= 0.3 is 5.69 Å². The van der Waals surface area contributed by atoms with Gasteiger partial charge in [0.1, 0.15) is 5.82 Å². The molecule has 0 bridgehead atoms. The van der Waals surface area contributed by atoms with E-state index in [9.17, 15) is 4.79 Å². The molecule has 0 saturated heterocycles. The number of aromatic amines is 1. The van der Waals surface area contributed by atoms with Crippen LogP contribution in [0.4, 0.5) is 11.5 Å². The monoisotopic (exact) mass is 201 g/mol. The Hall–Kier alpha value is -2.10. The number of para-hydroxylation sites is 1.